The van der Waals surface area contributed by atoms with Crippen molar-refractivity contribution in [1.29, 1.82) is 0 Å². The first-order valence-electron chi connectivity index (χ1n) is 6.79. The molecule has 19 heavy (non-hydrogen) atoms. The van der Waals surface area contributed by atoms with Gasteiger partial charge in [-0.15, -0.1) is 0 Å². The van der Waals surface area contributed by atoms with E-state index in [1.165, 1.54) is 16.8 Å². The van der Waals surface area contributed by atoms with Crippen molar-refractivity contribution < 1.29 is 9.47 Å². The van der Waals surface area contributed by atoms with Gasteiger partial charge in [-0.1, -0.05) is 6.07 Å². The molecule has 0 bridgehead atoms. The summed E-state index contributed by atoms with van der Waals surface area (Å²) in [5, 5.41) is 0. The number of allylic oxidation sites excluding steroid dienone is 2. The lowest BCUT2D eigenvalue weighted by Gasteiger charge is -2.47. The van der Waals surface area contributed by atoms with Gasteiger partial charge in [0.1, 0.15) is 30.3 Å². The second kappa shape index (κ2) is 3.80. The minimum absolute atomic E-state index is 0.0653. The maximum atomic E-state index is 6.16. The van der Waals surface area contributed by atoms with Crippen LogP contribution in [0.5, 0.6) is 5.75 Å². The number of aryl methyl sites for hydroxylation is 1. The molecule has 0 spiro atoms. The Morgan fingerprint density at radius 1 is 1.26 bits per heavy atom. The molecule has 4 rings (SSSR count). The van der Waals surface area contributed by atoms with Gasteiger partial charge < -0.3 is 14.4 Å². The third-order valence-electron chi connectivity index (χ3n) is 4.02. The van der Waals surface area contributed by atoms with E-state index in [1.54, 1.807) is 0 Å². The number of fused-ring (bicyclic) bond motifs is 2. The van der Waals surface area contributed by atoms with Gasteiger partial charge in [0.25, 0.3) is 0 Å². The summed E-state index contributed by atoms with van der Waals surface area (Å²) in [4.78, 5) is 2.43. The summed E-state index contributed by atoms with van der Waals surface area (Å²) in [5.41, 5.74) is 3.68. The molecule has 2 heterocycles. The van der Waals surface area contributed by atoms with Crippen LogP contribution < -0.4 is 9.64 Å². The van der Waals surface area contributed by atoms with E-state index in [1.807, 2.05) is 0 Å². The Kier molecular flexibility index (Phi) is 2.19. The van der Waals surface area contributed by atoms with Gasteiger partial charge in [-0.05, 0) is 49.3 Å². The number of anilines is 1. The van der Waals surface area contributed by atoms with E-state index < -0.39 is 0 Å². The predicted octanol–water partition coefficient (Wildman–Crippen LogP) is 2.81. The van der Waals surface area contributed by atoms with Gasteiger partial charge >= 0.3 is 0 Å². The molecule has 3 aliphatic rings. The minimum Gasteiger partial charge on any atom is -0.494 e. The summed E-state index contributed by atoms with van der Waals surface area (Å²) < 4.78 is 12.0. The van der Waals surface area contributed by atoms with Crippen LogP contribution in [0.1, 0.15) is 12.5 Å². The van der Waals surface area contributed by atoms with Gasteiger partial charge in [-0.3, -0.25) is 0 Å². The minimum atomic E-state index is 0.0653. The van der Waals surface area contributed by atoms with E-state index >= 15 is 0 Å². The molecular formula is C16H17NO2. The van der Waals surface area contributed by atoms with Gasteiger partial charge in [-0.25, -0.2) is 0 Å². The quantitative estimate of drug-likeness (QED) is 0.711. The SMILES string of the molecule is CC1=CC2Oc3ccc(C)cc3N3CCOC(=C1)C23. The first kappa shape index (κ1) is 11.0. The summed E-state index contributed by atoms with van der Waals surface area (Å²) in [7, 11) is 0. The third kappa shape index (κ3) is 1.57. The maximum Gasteiger partial charge on any atom is 0.145 e. The average molecular weight is 255 g/mol. The summed E-state index contributed by atoms with van der Waals surface area (Å²) in [6.07, 6.45) is 4.39. The topological polar surface area (TPSA) is 21.7 Å². The Balaban J connectivity index is 1.86. The fourth-order valence-electron chi connectivity index (χ4n) is 3.20. The van der Waals surface area contributed by atoms with Crippen LogP contribution in [0.2, 0.25) is 0 Å². The largest absolute Gasteiger partial charge is 0.494 e. The van der Waals surface area contributed by atoms with Gasteiger partial charge in [0.05, 0.1) is 12.2 Å². The molecule has 1 aromatic rings. The van der Waals surface area contributed by atoms with E-state index in [2.05, 4.69) is 49.1 Å². The molecule has 1 aromatic carbocycles. The van der Waals surface area contributed by atoms with Crippen LogP contribution in [0.15, 0.2) is 41.7 Å². The lowest BCUT2D eigenvalue weighted by atomic mass is 9.93. The Bertz CT molecular complexity index is 603. The Morgan fingerprint density at radius 3 is 3.05 bits per heavy atom. The summed E-state index contributed by atoms with van der Waals surface area (Å²) in [6.45, 7) is 5.88. The molecule has 1 aliphatic carbocycles. The fraction of sp³-hybridized carbons (Fsp3) is 0.375. The van der Waals surface area contributed by atoms with Crippen molar-refractivity contribution in [3.05, 3.63) is 47.2 Å². The van der Waals surface area contributed by atoms with Crippen LogP contribution in [0.25, 0.3) is 0 Å². The molecule has 2 unspecified atom stereocenters. The second-order valence-corrected chi connectivity index (χ2v) is 5.50. The van der Waals surface area contributed by atoms with Crippen LogP contribution in [0.3, 0.4) is 0 Å². The number of nitrogens with zero attached hydrogens (tertiary/aromatic N) is 1. The molecule has 3 nitrogen and oxygen atoms in total. The molecule has 2 aliphatic heterocycles. The van der Waals surface area contributed by atoms with Crippen LogP contribution in [0, 0.1) is 6.92 Å². The molecule has 2 atom stereocenters. The molecule has 0 radical (unpaired) electrons. The molecule has 0 aromatic heterocycles. The van der Waals surface area contributed by atoms with E-state index in [9.17, 15) is 0 Å². The van der Waals surface area contributed by atoms with E-state index in [0.29, 0.717) is 0 Å². The van der Waals surface area contributed by atoms with Crippen molar-refractivity contribution in [1.82, 2.24) is 0 Å². The van der Waals surface area contributed by atoms with Gasteiger partial charge in [-0.2, -0.15) is 0 Å². The summed E-state index contributed by atoms with van der Waals surface area (Å²) in [6, 6.07) is 6.60. The van der Waals surface area contributed by atoms with E-state index in [4.69, 9.17) is 9.47 Å². The second-order valence-electron chi connectivity index (χ2n) is 5.50. The molecule has 0 N–H and O–H groups in total. The first-order chi connectivity index (χ1) is 9.22. The highest BCUT2D eigenvalue weighted by Crippen LogP contribution is 2.42. The standard InChI is InChI=1S/C16H17NO2/c1-10-3-4-13-12(7-10)17-5-6-18-14-8-11(2)9-15(19-13)16(14)17/h3-4,7-9,15-16H,5-6H2,1-2H3. The molecule has 1 fully saturated rings. The number of ether oxygens (including phenoxy) is 2. The number of morpholine rings is 1. The fourth-order valence-corrected chi connectivity index (χ4v) is 3.20. The van der Waals surface area contributed by atoms with Crippen LogP contribution >= 0.6 is 0 Å². The lowest BCUT2D eigenvalue weighted by molar-refractivity contribution is 0.105. The zero-order valence-electron chi connectivity index (χ0n) is 11.2. The van der Waals surface area contributed by atoms with Crippen molar-refractivity contribution in [2.45, 2.75) is 26.0 Å². The third-order valence-corrected chi connectivity index (χ3v) is 4.02. The van der Waals surface area contributed by atoms with Crippen LogP contribution in [0.4, 0.5) is 5.69 Å². The zero-order valence-corrected chi connectivity index (χ0v) is 11.2. The molecule has 0 saturated carbocycles. The number of hydrogen-bond donors (Lipinski definition) is 0. The van der Waals surface area contributed by atoms with Gasteiger partial charge in [0.2, 0.25) is 0 Å². The normalized spacial score (nSPS) is 27.4. The molecule has 3 heteroatoms. The summed E-state index contributed by atoms with van der Waals surface area (Å²) >= 11 is 0. The molecular weight excluding hydrogens is 238 g/mol. The van der Waals surface area contributed by atoms with Crippen molar-refractivity contribution in [2.75, 3.05) is 18.1 Å². The van der Waals surface area contributed by atoms with E-state index in [-0.39, 0.29) is 12.1 Å². The van der Waals surface area contributed by atoms with Crippen molar-refractivity contribution in [3.8, 4) is 5.75 Å². The van der Waals surface area contributed by atoms with Crippen LogP contribution in [-0.2, 0) is 4.74 Å². The van der Waals surface area contributed by atoms with E-state index in [0.717, 1.165) is 24.7 Å². The van der Waals surface area contributed by atoms with Crippen LogP contribution in [-0.4, -0.2) is 25.3 Å². The average Bonchev–Trinajstić information content (AvgIpc) is 2.39. The van der Waals surface area contributed by atoms with Crippen molar-refractivity contribution >= 4 is 5.69 Å². The number of hydrogen-bond acceptors (Lipinski definition) is 3. The highest BCUT2D eigenvalue weighted by Gasteiger charge is 2.42. The summed E-state index contributed by atoms with van der Waals surface area (Å²) in [5.74, 6) is 2.03. The maximum absolute atomic E-state index is 6.16. The molecule has 1 saturated heterocycles. The Hall–Kier alpha value is -1.90. The smallest absolute Gasteiger partial charge is 0.145 e. The Labute approximate surface area is 113 Å². The monoisotopic (exact) mass is 255 g/mol. The number of benzene rings is 1. The Morgan fingerprint density at radius 2 is 2.16 bits per heavy atom. The first-order valence-corrected chi connectivity index (χ1v) is 6.79. The van der Waals surface area contributed by atoms with Crippen molar-refractivity contribution in [3.63, 3.8) is 0 Å². The number of rotatable bonds is 0. The lowest BCUT2D eigenvalue weighted by Crippen LogP contribution is -2.55. The van der Waals surface area contributed by atoms with Gasteiger partial charge in [0, 0.05) is 0 Å². The highest BCUT2D eigenvalue weighted by molar-refractivity contribution is 5.65. The molecule has 98 valence electrons. The molecule has 0 amide bonds. The van der Waals surface area contributed by atoms with Crippen molar-refractivity contribution in [2.24, 2.45) is 0 Å². The zero-order chi connectivity index (χ0) is 13.0. The predicted molar refractivity (Wildman–Crippen MR) is 74.5 cm³/mol. The highest BCUT2D eigenvalue weighted by atomic mass is 16.5. The van der Waals surface area contributed by atoms with Gasteiger partial charge in [0.15, 0.2) is 0 Å².